The van der Waals surface area contributed by atoms with Crippen LogP contribution in [0.25, 0.3) is 0 Å². The second-order valence-corrected chi connectivity index (χ2v) is 2.42. The van der Waals surface area contributed by atoms with E-state index in [4.69, 9.17) is 10.8 Å². The lowest BCUT2D eigenvalue weighted by Gasteiger charge is -2.12. The van der Waals surface area contributed by atoms with Crippen molar-refractivity contribution in [2.75, 3.05) is 13.2 Å². The number of amides is 1. The zero-order chi connectivity index (χ0) is 8.69. The van der Waals surface area contributed by atoms with Crippen LogP contribution < -0.4 is 11.1 Å². The molecule has 1 unspecified atom stereocenters. The smallest absolute Gasteiger partial charge is 0.234 e. The number of primary amides is 1. The van der Waals surface area contributed by atoms with Gasteiger partial charge in [-0.2, -0.15) is 13.5 Å². The Hall–Kier alpha value is -0.260. The van der Waals surface area contributed by atoms with Gasteiger partial charge in [0.2, 0.25) is 5.91 Å². The topological polar surface area (TPSA) is 75.3 Å². The first-order valence-corrected chi connectivity index (χ1v) is 3.86. The number of hydrogen-bond donors (Lipinski definition) is 3. The average molecular weight is 194 g/mol. The Bertz CT molecular complexity index is 122. The SMILES string of the molecule is CCCNC(CCO)C(N)=O.S. The molecule has 0 saturated heterocycles. The van der Waals surface area contributed by atoms with E-state index in [1.165, 1.54) is 0 Å². The minimum absolute atomic E-state index is 0. The maximum absolute atomic E-state index is 10.6. The number of nitrogens with one attached hydrogen (secondary N) is 1. The third-order valence-corrected chi connectivity index (χ3v) is 1.40. The number of rotatable bonds is 6. The summed E-state index contributed by atoms with van der Waals surface area (Å²) >= 11 is 0. The molecule has 1 amide bonds. The van der Waals surface area contributed by atoms with E-state index < -0.39 is 5.91 Å². The molecular formula is C7H18N2O2S. The zero-order valence-electron chi connectivity index (χ0n) is 7.34. The molecule has 0 aromatic carbocycles. The number of carbonyl (C=O) groups excluding carboxylic acids is 1. The van der Waals surface area contributed by atoms with Gasteiger partial charge in [0, 0.05) is 6.61 Å². The van der Waals surface area contributed by atoms with Crippen LogP contribution in [-0.4, -0.2) is 30.2 Å². The molecule has 1 atom stereocenters. The van der Waals surface area contributed by atoms with Gasteiger partial charge in [-0.3, -0.25) is 4.79 Å². The van der Waals surface area contributed by atoms with Crippen LogP contribution in [-0.2, 0) is 4.79 Å². The Balaban J connectivity index is 0. The normalized spacial score (nSPS) is 11.8. The van der Waals surface area contributed by atoms with Crippen LogP contribution in [0.1, 0.15) is 19.8 Å². The number of carbonyl (C=O) groups is 1. The van der Waals surface area contributed by atoms with E-state index in [2.05, 4.69) is 5.32 Å². The lowest BCUT2D eigenvalue weighted by molar-refractivity contribution is -0.120. The Morgan fingerprint density at radius 2 is 2.25 bits per heavy atom. The summed E-state index contributed by atoms with van der Waals surface area (Å²) in [6, 6.07) is -0.375. The van der Waals surface area contributed by atoms with Crippen molar-refractivity contribution in [3.8, 4) is 0 Å². The highest BCUT2D eigenvalue weighted by Gasteiger charge is 2.11. The molecule has 0 spiro atoms. The maximum Gasteiger partial charge on any atom is 0.234 e. The average Bonchev–Trinajstić information content (AvgIpc) is 1.97. The summed E-state index contributed by atoms with van der Waals surface area (Å²) < 4.78 is 0. The Morgan fingerprint density at radius 1 is 1.67 bits per heavy atom. The van der Waals surface area contributed by atoms with Crippen molar-refractivity contribution in [2.45, 2.75) is 25.8 Å². The van der Waals surface area contributed by atoms with Gasteiger partial charge in [-0.25, -0.2) is 0 Å². The maximum atomic E-state index is 10.6. The van der Waals surface area contributed by atoms with Gasteiger partial charge >= 0.3 is 0 Å². The highest BCUT2D eigenvalue weighted by molar-refractivity contribution is 7.59. The first-order chi connectivity index (χ1) is 5.22. The van der Waals surface area contributed by atoms with Crippen LogP contribution >= 0.6 is 13.5 Å². The lowest BCUT2D eigenvalue weighted by atomic mass is 10.2. The number of nitrogens with two attached hydrogens (primary N) is 1. The predicted octanol–water partition coefficient (Wildman–Crippen LogP) is -0.665. The van der Waals surface area contributed by atoms with Gasteiger partial charge in [-0.1, -0.05) is 6.92 Å². The monoisotopic (exact) mass is 194 g/mol. The van der Waals surface area contributed by atoms with E-state index in [0.29, 0.717) is 6.42 Å². The fourth-order valence-electron chi connectivity index (χ4n) is 0.793. The summed E-state index contributed by atoms with van der Waals surface area (Å²) in [6.07, 6.45) is 1.35. The van der Waals surface area contributed by atoms with Crippen molar-refractivity contribution in [1.82, 2.24) is 5.32 Å². The molecule has 4 N–H and O–H groups in total. The van der Waals surface area contributed by atoms with Gasteiger partial charge in [0.15, 0.2) is 0 Å². The third kappa shape index (κ3) is 6.45. The molecule has 0 aliphatic carbocycles. The summed E-state index contributed by atoms with van der Waals surface area (Å²) in [6.45, 7) is 2.75. The van der Waals surface area contributed by atoms with Crippen LogP contribution in [0.2, 0.25) is 0 Å². The Kier molecular flexibility index (Phi) is 10.5. The largest absolute Gasteiger partial charge is 0.396 e. The van der Waals surface area contributed by atoms with Crippen molar-refractivity contribution >= 4 is 19.4 Å². The first kappa shape index (κ1) is 14.3. The molecule has 0 aliphatic heterocycles. The minimum atomic E-state index is -0.396. The lowest BCUT2D eigenvalue weighted by Crippen LogP contribution is -2.42. The predicted molar refractivity (Wildman–Crippen MR) is 53.4 cm³/mol. The molecule has 4 nitrogen and oxygen atoms in total. The minimum Gasteiger partial charge on any atom is -0.396 e. The summed E-state index contributed by atoms with van der Waals surface area (Å²) in [4.78, 5) is 10.6. The highest BCUT2D eigenvalue weighted by Crippen LogP contribution is 1.89. The molecule has 0 aromatic rings. The Morgan fingerprint density at radius 3 is 2.58 bits per heavy atom. The number of hydrogen-bond acceptors (Lipinski definition) is 3. The molecule has 0 radical (unpaired) electrons. The highest BCUT2D eigenvalue weighted by atomic mass is 32.1. The molecule has 12 heavy (non-hydrogen) atoms. The van der Waals surface area contributed by atoms with Crippen LogP contribution in [0.4, 0.5) is 0 Å². The Labute approximate surface area is 80.0 Å². The van der Waals surface area contributed by atoms with Crippen LogP contribution in [0, 0.1) is 0 Å². The second-order valence-electron chi connectivity index (χ2n) is 2.42. The second kappa shape index (κ2) is 8.83. The van der Waals surface area contributed by atoms with E-state index in [0.717, 1.165) is 13.0 Å². The summed E-state index contributed by atoms with van der Waals surface area (Å²) in [5.41, 5.74) is 5.05. The number of aliphatic hydroxyl groups excluding tert-OH is 1. The van der Waals surface area contributed by atoms with Crippen LogP contribution in [0.5, 0.6) is 0 Å². The van der Waals surface area contributed by atoms with E-state index in [1.54, 1.807) is 0 Å². The van der Waals surface area contributed by atoms with E-state index in [-0.39, 0.29) is 26.1 Å². The van der Waals surface area contributed by atoms with Gasteiger partial charge in [-0.05, 0) is 19.4 Å². The molecule has 0 saturated carbocycles. The van der Waals surface area contributed by atoms with Gasteiger partial charge < -0.3 is 16.2 Å². The number of aliphatic hydroxyl groups is 1. The molecular weight excluding hydrogens is 176 g/mol. The van der Waals surface area contributed by atoms with Crippen molar-refractivity contribution in [3.05, 3.63) is 0 Å². The van der Waals surface area contributed by atoms with Gasteiger partial charge in [-0.15, -0.1) is 0 Å². The summed E-state index contributed by atoms with van der Waals surface area (Å²) in [5.74, 6) is -0.396. The standard InChI is InChI=1S/C7H16N2O2.H2S/c1-2-4-9-6(3-5-10)7(8)11;/h6,9-10H,2-5H2,1H3,(H2,8,11);1H2. The molecule has 0 rings (SSSR count). The molecule has 0 aromatic heterocycles. The summed E-state index contributed by atoms with van der Waals surface area (Å²) in [7, 11) is 0. The van der Waals surface area contributed by atoms with E-state index in [9.17, 15) is 4.79 Å². The van der Waals surface area contributed by atoms with Gasteiger partial charge in [0.25, 0.3) is 0 Å². The fraction of sp³-hybridized carbons (Fsp3) is 0.857. The van der Waals surface area contributed by atoms with Crippen LogP contribution in [0.15, 0.2) is 0 Å². The molecule has 5 heteroatoms. The van der Waals surface area contributed by atoms with E-state index in [1.807, 2.05) is 6.92 Å². The van der Waals surface area contributed by atoms with Crippen molar-refractivity contribution in [2.24, 2.45) is 5.73 Å². The van der Waals surface area contributed by atoms with Crippen molar-refractivity contribution in [3.63, 3.8) is 0 Å². The fourth-order valence-corrected chi connectivity index (χ4v) is 0.793. The van der Waals surface area contributed by atoms with Crippen molar-refractivity contribution < 1.29 is 9.90 Å². The third-order valence-electron chi connectivity index (χ3n) is 1.40. The molecule has 0 heterocycles. The van der Waals surface area contributed by atoms with Crippen molar-refractivity contribution in [1.29, 1.82) is 0 Å². The van der Waals surface area contributed by atoms with E-state index >= 15 is 0 Å². The summed E-state index contributed by atoms with van der Waals surface area (Å²) in [5, 5.41) is 11.5. The molecule has 0 fully saturated rings. The first-order valence-electron chi connectivity index (χ1n) is 3.86. The molecule has 74 valence electrons. The zero-order valence-corrected chi connectivity index (χ0v) is 8.34. The van der Waals surface area contributed by atoms with Crippen LogP contribution in [0.3, 0.4) is 0 Å². The van der Waals surface area contributed by atoms with Gasteiger partial charge in [0.1, 0.15) is 0 Å². The molecule has 0 bridgehead atoms. The quantitative estimate of drug-likeness (QED) is 0.525. The molecule has 0 aliphatic rings. The van der Waals surface area contributed by atoms with Gasteiger partial charge in [0.05, 0.1) is 6.04 Å².